The fourth-order valence-electron chi connectivity index (χ4n) is 4.35. The van der Waals surface area contributed by atoms with Crippen LogP contribution in [0.4, 0.5) is 0 Å². The fourth-order valence-corrected chi connectivity index (χ4v) is 4.35. The molecule has 2 saturated carbocycles. The topological polar surface area (TPSA) is 12.0 Å². The predicted octanol–water partition coefficient (Wildman–Crippen LogP) is 3.35. The van der Waals surface area contributed by atoms with Crippen LogP contribution in [0.1, 0.15) is 42.7 Å². The van der Waals surface area contributed by atoms with Crippen LogP contribution in [0, 0.1) is 17.8 Å². The molecule has 1 N–H and O–H groups in total. The van der Waals surface area contributed by atoms with Gasteiger partial charge in [-0.1, -0.05) is 37.1 Å². The Bertz CT molecular complexity index is 449. The molecule has 4 atom stereocenters. The fraction of sp³-hybridized carbons (Fsp3) is 0.647. The van der Waals surface area contributed by atoms with Gasteiger partial charge in [-0.2, -0.15) is 0 Å². The van der Waals surface area contributed by atoms with E-state index < -0.39 is 0 Å². The van der Waals surface area contributed by atoms with Crippen molar-refractivity contribution >= 4 is 0 Å². The highest BCUT2D eigenvalue weighted by Gasteiger charge is 2.56. The van der Waals surface area contributed by atoms with Crippen LogP contribution in [0.5, 0.6) is 0 Å². The van der Waals surface area contributed by atoms with Crippen molar-refractivity contribution in [3.8, 4) is 0 Å². The molecule has 1 nitrogen and oxygen atoms in total. The molecule has 4 rings (SSSR count). The van der Waals surface area contributed by atoms with E-state index in [0.717, 1.165) is 29.7 Å². The van der Waals surface area contributed by atoms with Crippen LogP contribution >= 0.6 is 0 Å². The lowest BCUT2D eigenvalue weighted by molar-refractivity contribution is 0.419. The number of rotatable bonds is 4. The van der Waals surface area contributed by atoms with E-state index in [9.17, 15) is 0 Å². The van der Waals surface area contributed by atoms with Crippen molar-refractivity contribution in [3.05, 3.63) is 35.4 Å². The van der Waals surface area contributed by atoms with E-state index in [4.69, 9.17) is 0 Å². The molecule has 3 aliphatic carbocycles. The van der Waals surface area contributed by atoms with E-state index in [0.29, 0.717) is 0 Å². The van der Waals surface area contributed by atoms with Gasteiger partial charge in [0.15, 0.2) is 0 Å². The Kier molecular flexibility index (Phi) is 2.51. The summed E-state index contributed by atoms with van der Waals surface area (Å²) in [7, 11) is 2.17. The van der Waals surface area contributed by atoms with Gasteiger partial charge in [0.25, 0.3) is 0 Å². The molecule has 96 valence electrons. The van der Waals surface area contributed by atoms with Gasteiger partial charge >= 0.3 is 0 Å². The van der Waals surface area contributed by atoms with Crippen molar-refractivity contribution in [2.45, 2.75) is 44.1 Å². The lowest BCUT2D eigenvalue weighted by Gasteiger charge is -2.16. The number of hydrogen-bond donors (Lipinski definition) is 1. The number of nitrogens with one attached hydrogen (secondary N) is 1. The number of fused-ring (bicyclic) bond motifs is 3. The van der Waals surface area contributed by atoms with Gasteiger partial charge in [-0.3, -0.25) is 0 Å². The van der Waals surface area contributed by atoms with Crippen molar-refractivity contribution in [2.24, 2.45) is 17.8 Å². The maximum atomic E-state index is 3.62. The Morgan fingerprint density at radius 1 is 1.22 bits per heavy atom. The van der Waals surface area contributed by atoms with E-state index in [2.05, 4.69) is 36.6 Å². The highest BCUT2D eigenvalue weighted by atomic mass is 14.9. The molecule has 0 aromatic heterocycles. The zero-order valence-electron chi connectivity index (χ0n) is 11.2. The second kappa shape index (κ2) is 4.09. The largest absolute Gasteiger partial charge is 0.317 e. The zero-order chi connectivity index (χ0) is 12.1. The van der Waals surface area contributed by atoms with Crippen molar-refractivity contribution in [1.29, 1.82) is 0 Å². The van der Waals surface area contributed by atoms with E-state index >= 15 is 0 Å². The van der Waals surface area contributed by atoms with Gasteiger partial charge in [0.2, 0.25) is 0 Å². The van der Waals surface area contributed by atoms with Crippen LogP contribution in [0.2, 0.25) is 0 Å². The molecule has 1 heteroatoms. The van der Waals surface area contributed by atoms with Crippen LogP contribution < -0.4 is 5.32 Å². The number of aryl methyl sites for hydroxylation is 1. The minimum atomic E-state index is 0.777. The third kappa shape index (κ3) is 1.72. The molecular weight excluding hydrogens is 218 g/mol. The minimum absolute atomic E-state index is 0.777. The molecular formula is C17H23N. The first-order valence-corrected chi connectivity index (χ1v) is 7.63. The average molecular weight is 241 g/mol. The van der Waals surface area contributed by atoms with E-state index in [1.807, 2.05) is 0 Å². The SMILES string of the molecule is CNC(CC1CC1)C1C2CCc3ccccc3C21. The lowest BCUT2D eigenvalue weighted by atomic mass is 9.92. The molecule has 0 aliphatic heterocycles. The standard InChI is InChI=1S/C17H23N/c1-18-15(10-11-6-7-11)17-14-9-8-12-4-2-3-5-13(12)16(14)17/h2-5,11,14-18H,6-10H2,1H3. The summed E-state index contributed by atoms with van der Waals surface area (Å²) < 4.78 is 0. The first kappa shape index (κ1) is 11.0. The van der Waals surface area contributed by atoms with Crippen LogP contribution in [-0.2, 0) is 6.42 Å². The van der Waals surface area contributed by atoms with Gasteiger partial charge in [-0.15, -0.1) is 0 Å². The Balaban J connectivity index is 1.56. The van der Waals surface area contributed by atoms with Gasteiger partial charge in [-0.25, -0.2) is 0 Å². The second-order valence-corrected chi connectivity index (χ2v) is 6.58. The maximum absolute atomic E-state index is 3.62. The zero-order valence-corrected chi connectivity index (χ0v) is 11.2. The molecule has 1 aromatic carbocycles. The Morgan fingerprint density at radius 3 is 2.83 bits per heavy atom. The maximum Gasteiger partial charge on any atom is 0.0104 e. The smallest absolute Gasteiger partial charge is 0.0104 e. The summed E-state index contributed by atoms with van der Waals surface area (Å²) >= 11 is 0. The molecule has 0 amide bonds. The highest BCUT2D eigenvalue weighted by Crippen LogP contribution is 2.62. The summed E-state index contributed by atoms with van der Waals surface area (Å²) in [5, 5.41) is 3.62. The molecule has 18 heavy (non-hydrogen) atoms. The van der Waals surface area contributed by atoms with Gasteiger partial charge in [-0.05, 0) is 61.1 Å². The Morgan fingerprint density at radius 2 is 2.06 bits per heavy atom. The first-order valence-electron chi connectivity index (χ1n) is 7.63. The van der Waals surface area contributed by atoms with Crippen LogP contribution in [0.15, 0.2) is 24.3 Å². The van der Waals surface area contributed by atoms with Crippen molar-refractivity contribution < 1.29 is 0 Å². The molecule has 0 radical (unpaired) electrons. The normalized spacial score (nSPS) is 34.6. The van der Waals surface area contributed by atoms with E-state index in [1.165, 1.54) is 32.1 Å². The van der Waals surface area contributed by atoms with Crippen LogP contribution in [0.3, 0.4) is 0 Å². The molecule has 0 heterocycles. The number of hydrogen-bond acceptors (Lipinski definition) is 1. The molecule has 0 bridgehead atoms. The van der Waals surface area contributed by atoms with Crippen LogP contribution in [-0.4, -0.2) is 13.1 Å². The van der Waals surface area contributed by atoms with Gasteiger partial charge in [0, 0.05) is 6.04 Å². The first-order chi connectivity index (χ1) is 8.88. The molecule has 0 saturated heterocycles. The van der Waals surface area contributed by atoms with Gasteiger partial charge < -0.3 is 5.32 Å². The second-order valence-electron chi connectivity index (χ2n) is 6.58. The summed E-state index contributed by atoms with van der Waals surface area (Å²) in [6, 6.07) is 9.94. The molecule has 2 fully saturated rings. The summed E-state index contributed by atoms with van der Waals surface area (Å²) in [5.74, 6) is 3.84. The van der Waals surface area contributed by atoms with Crippen molar-refractivity contribution in [3.63, 3.8) is 0 Å². The quantitative estimate of drug-likeness (QED) is 0.852. The summed E-state index contributed by atoms with van der Waals surface area (Å²) in [4.78, 5) is 0. The average Bonchev–Trinajstić information content (AvgIpc) is 3.30. The van der Waals surface area contributed by atoms with Gasteiger partial charge in [0.05, 0.1) is 0 Å². The molecule has 0 spiro atoms. The number of benzene rings is 1. The van der Waals surface area contributed by atoms with E-state index in [1.54, 1.807) is 11.1 Å². The highest BCUT2D eigenvalue weighted by molar-refractivity contribution is 5.40. The monoisotopic (exact) mass is 241 g/mol. The minimum Gasteiger partial charge on any atom is -0.317 e. The Labute approximate surface area is 110 Å². The van der Waals surface area contributed by atoms with Crippen molar-refractivity contribution in [2.75, 3.05) is 7.05 Å². The van der Waals surface area contributed by atoms with Gasteiger partial charge in [0.1, 0.15) is 0 Å². The Hall–Kier alpha value is -0.820. The predicted molar refractivity (Wildman–Crippen MR) is 74.7 cm³/mol. The van der Waals surface area contributed by atoms with Crippen molar-refractivity contribution in [1.82, 2.24) is 5.32 Å². The summed E-state index contributed by atoms with van der Waals surface area (Å²) in [6.45, 7) is 0. The van der Waals surface area contributed by atoms with E-state index in [-0.39, 0.29) is 0 Å². The molecule has 3 aliphatic rings. The summed E-state index contributed by atoms with van der Waals surface area (Å²) in [5.41, 5.74) is 3.30. The lowest BCUT2D eigenvalue weighted by Crippen LogP contribution is -2.29. The molecule has 4 unspecified atom stereocenters. The molecule has 1 aromatic rings. The third-order valence-electron chi connectivity index (χ3n) is 5.51. The summed E-state index contributed by atoms with van der Waals surface area (Å²) in [6.07, 6.45) is 7.13. The van der Waals surface area contributed by atoms with Crippen LogP contribution in [0.25, 0.3) is 0 Å². The third-order valence-corrected chi connectivity index (χ3v) is 5.51.